The lowest BCUT2D eigenvalue weighted by atomic mass is 10.2. The number of hydrogen-bond acceptors (Lipinski definition) is 4. The van der Waals surface area contributed by atoms with Crippen LogP contribution in [0, 0.1) is 0 Å². The smallest absolute Gasteiger partial charge is 0.387 e. The molecule has 1 saturated heterocycles. The summed E-state index contributed by atoms with van der Waals surface area (Å²) in [6.45, 7) is 0.337. The van der Waals surface area contributed by atoms with E-state index in [1.165, 1.54) is 12.1 Å². The highest BCUT2D eigenvalue weighted by molar-refractivity contribution is 5.55. The first kappa shape index (κ1) is 11.9. The van der Waals surface area contributed by atoms with Gasteiger partial charge in [0.25, 0.3) is 0 Å². The van der Waals surface area contributed by atoms with Crippen molar-refractivity contribution in [3.05, 3.63) is 18.2 Å². The van der Waals surface area contributed by atoms with Gasteiger partial charge in [-0.3, -0.25) is 0 Å². The molecule has 0 aromatic heterocycles. The van der Waals surface area contributed by atoms with Gasteiger partial charge < -0.3 is 20.1 Å². The number of benzene rings is 1. The third-order valence-electron chi connectivity index (χ3n) is 2.58. The van der Waals surface area contributed by atoms with Crippen molar-refractivity contribution in [3.63, 3.8) is 0 Å². The van der Waals surface area contributed by atoms with Crippen molar-refractivity contribution < 1.29 is 18.6 Å². The molecule has 0 unspecified atom stereocenters. The Morgan fingerprint density at radius 3 is 2.59 bits per heavy atom. The predicted molar refractivity (Wildman–Crippen MR) is 59.8 cm³/mol. The molecular weight excluding hydrogens is 230 g/mol. The number of halogens is 2. The highest BCUT2D eigenvalue weighted by Crippen LogP contribution is 2.28. The molecule has 2 rings (SSSR count). The lowest BCUT2D eigenvalue weighted by Gasteiger charge is -2.29. The van der Waals surface area contributed by atoms with E-state index in [-0.39, 0.29) is 11.5 Å². The van der Waals surface area contributed by atoms with Crippen LogP contribution in [0.5, 0.6) is 11.5 Å². The number of nitrogens with one attached hydrogen (secondary N) is 1. The first-order valence-corrected chi connectivity index (χ1v) is 5.40. The first-order valence-electron chi connectivity index (χ1n) is 5.40. The molecule has 1 aromatic carbocycles. The van der Waals surface area contributed by atoms with E-state index < -0.39 is 6.61 Å². The normalized spacial score (nSPS) is 16.3. The molecule has 0 atom stereocenters. The van der Waals surface area contributed by atoms with Crippen LogP contribution < -0.4 is 15.0 Å². The second kappa shape index (κ2) is 5.18. The quantitative estimate of drug-likeness (QED) is 0.843. The molecule has 2 N–H and O–H groups in total. The van der Waals surface area contributed by atoms with E-state index in [0.717, 1.165) is 26.2 Å². The maximum Gasteiger partial charge on any atom is 0.387 e. The Bertz CT molecular complexity index is 382. The van der Waals surface area contributed by atoms with Gasteiger partial charge in [-0.15, -0.1) is 0 Å². The third-order valence-corrected chi connectivity index (χ3v) is 2.58. The van der Waals surface area contributed by atoms with Crippen LogP contribution in [-0.2, 0) is 0 Å². The summed E-state index contributed by atoms with van der Waals surface area (Å²) >= 11 is 0. The van der Waals surface area contributed by atoms with Crippen LogP contribution >= 0.6 is 0 Å². The minimum absolute atomic E-state index is 0.0199. The van der Waals surface area contributed by atoms with E-state index in [1.54, 1.807) is 6.07 Å². The summed E-state index contributed by atoms with van der Waals surface area (Å²) in [5.74, 6) is -0.0924. The van der Waals surface area contributed by atoms with Crippen LogP contribution in [0.3, 0.4) is 0 Å². The Kier molecular flexibility index (Phi) is 3.63. The lowest BCUT2D eigenvalue weighted by molar-refractivity contribution is -0.0498. The van der Waals surface area contributed by atoms with Gasteiger partial charge in [-0.2, -0.15) is 8.78 Å². The van der Waals surface area contributed by atoms with E-state index >= 15 is 0 Å². The molecule has 6 heteroatoms. The predicted octanol–water partition coefficient (Wildman–Crippen LogP) is 1.40. The highest BCUT2D eigenvalue weighted by Gasteiger charge is 2.13. The van der Waals surface area contributed by atoms with E-state index in [2.05, 4.69) is 10.1 Å². The number of aromatic hydroxyl groups is 1. The molecule has 17 heavy (non-hydrogen) atoms. The number of phenols is 1. The zero-order valence-electron chi connectivity index (χ0n) is 9.20. The molecule has 0 saturated carbocycles. The minimum atomic E-state index is -2.88. The number of ether oxygens (including phenoxy) is 1. The van der Waals surface area contributed by atoms with Gasteiger partial charge >= 0.3 is 6.61 Å². The summed E-state index contributed by atoms with van der Waals surface area (Å²) < 4.78 is 28.5. The van der Waals surface area contributed by atoms with Crippen molar-refractivity contribution in [3.8, 4) is 11.5 Å². The van der Waals surface area contributed by atoms with E-state index in [1.807, 2.05) is 4.90 Å². The van der Waals surface area contributed by atoms with Gasteiger partial charge in [0.1, 0.15) is 11.5 Å². The monoisotopic (exact) mass is 244 g/mol. The van der Waals surface area contributed by atoms with Crippen molar-refractivity contribution in [1.82, 2.24) is 5.32 Å². The van der Waals surface area contributed by atoms with Crippen LogP contribution in [-0.4, -0.2) is 37.9 Å². The van der Waals surface area contributed by atoms with Crippen LogP contribution in [0.1, 0.15) is 0 Å². The van der Waals surface area contributed by atoms with E-state index in [4.69, 9.17) is 0 Å². The molecule has 1 heterocycles. The van der Waals surface area contributed by atoms with Crippen LogP contribution in [0.15, 0.2) is 18.2 Å². The van der Waals surface area contributed by atoms with Crippen molar-refractivity contribution >= 4 is 5.69 Å². The fraction of sp³-hybridized carbons (Fsp3) is 0.455. The second-order valence-electron chi connectivity index (χ2n) is 3.80. The standard InChI is InChI=1S/C11H14F2N2O2/c12-11(13)17-10-6-8(5-9(16)7-10)15-3-1-14-2-4-15/h5-7,11,14,16H,1-4H2. The van der Waals surface area contributed by atoms with Crippen LogP contribution in [0.2, 0.25) is 0 Å². The summed E-state index contributed by atoms with van der Waals surface area (Å²) in [7, 11) is 0. The van der Waals surface area contributed by atoms with Crippen molar-refractivity contribution in [2.45, 2.75) is 6.61 Å². The Balaban J connectivity index is 2.18. The first-order chi connectivity index (χ1) is 8.15. The fourth-order valence-electron chi connectivity index (χ4n) is 1.84. The van der Waals surface area contributed by atoms with Crippen molar-refractivity contribution in [2.24, 2.45) is 0 Å². The molecule has 0 aliphatic carbocycles. The average molecular weight is 244 g/mol. The Morgan fingerprint density at radius 1 is 1.24 bits per heavy atom. The summed E-state index contributed by atoms with van der Waals surface area (Å²) in [5.41, 5.74) is 0.696. The number of rotatable bonds is 3. The maximum absolute atomic E-state index is 12.1. The Labute approximate surface area is 97.8 Å². The number of phenolic OH excluding ortho intramolecular Hbond substituents is 1. The second-order valence-corrected chi connectivity index (χ2v) is 3.80. The van der Waals surface area contributed by atoms with Gasteiger partial charge in [-0.1, -0.05) is 0 Å². The molecule has 1 fully saturated rings. The topological polar surface area (TPSA) is 44.7 Å². The average Bonchev–Trinajstić information content (AvgIpc) is 2.28. The number of alkyl halides is 2. The molecule has 0 amide bonds. The zero-order chi connectivity index (χ0) is 12.3. The van der Waals surface area contributed by atoms with Gasteiger partial charge in [-0.25, -0.2) is 0 Å². The largest absolute Gasteiger partial charge is 0.508 e. The SMILES string of the molecule is Oc1cc(OC(F)F)cc(N2CCNCC2)c1. The molecular formula is C11H14F2N2O2. The number of piperazine rings is 1. The van der Waals surface area contributed by atoms with Gasteiger partial charge in [0.2, 0.25) is 0 Å². The fourth-order valence-corrected chi connectivity index (χ4v) is 1.84. The summed E-state index contributed by atoms with van der Waals surface area (Å²) in [6.07, 6.45) is 0. The van der Waals surface area contributed by atoms with Crippen molar-refractivity contribution in [2.75, 3.05) is 31.1 Å². The van der Waals surface area contributed by atoms with Gasteiger partial charge in [0, 0.05) is 50.1 Å². The Morgan fingerprint density at radius 2 is 1.94 bits per heavy atom. The molecule has 94 valence electrons. The number of nitrogens with zero attached hydrogens (tertiary/aromatic N) is 1. The van der Waals surface area contributed by atoms with Gasteiger partial charge in [-0.05, 0) is 0 Å². The van der Waals surface area contributed by atoms with Crippen molar-refractivity contribution in [1.29, 1.82) is 0 Å². The van der Waals surface area contributed by atoms with E-state index in [0.29, 0.717) is 5.69 Å². The molecule has 0 bridgehead atoms. The molecule has 0 spiro atoms. The summed E-state index contributed by atoms with van der Waals surface area (Å²) in [5, 5.41) is 12.7. The number of hydrogen-bond donors (Lipinski definition) is 2. The summed E-state index contributed by atoms with van der Waals surface area (Å²) in [4.78, 5) is 2.01. The van der Waals surface area contributed by atoms with Gasteiger partial charge in [0.05, 0.1) is 0 Å². The number of anilines is 1. The molecule has 1 aromatic rings. The maximum atomic E-state index is 12.1. The molecule has 0 radical (unpaired) electrons. The van der Waals surface area contributed by atoms with Gasteiger partial charge in [0.15, 0.2) is 0 Å². The minimum Gasteiger partial charge on any atom is -0.508 e. The third kappa shape index (κ3) is 3.20. The highest BCUT2D eigenvalue weighted by atomic mass is 19.3. The molecule has 4 nitrogen and oxygen atoms in total. The molecule has 1 aliphatic heterocycles. The summed E-state index contributed by atoms with van der Waals surface area (Å²) in [6, 6.07) is 4.23. The van der Waals surface area contributed by atoms with Crippen LogP contribution in [0.25, 0.3) is 0 Å². The lowest BCUT2D eigenvalue weighted by Crippen LogP contribution is -2.43. The van der Waals surface area contributed by atoms with Crippen LogP contribution in [0.4, 0.5) is 14.5 Å². The zero-order valence-corrected chi connectivity index (χ0v) is 9.20. The Hall–Kier alpha value is -1.56. The molecule has 1 aliphatic rings. The van der Waals surface area contributed by atoms with E-state index in [9.17, 15) is 13.9 Å².